The van der Waals surface area contributed by atoms with E-state index >= 15 is 0 Å². The molecule has 3 amide bonds. The molecule has 2 bridgehead atoms. The largest absolute Gasteiger partial charge is 0.394 e. The number of rotatable bonds is 16. The van der Waals surface area contributed by atoms with E-state index in [1.807, 2.05) is 45.0 Å². The Morgan fingerprint density at radius 3 is 2.18 bits per heavy atom. The average Bonchev–Trinajstić information content (AvgIpc) is 3.64. The zero-order valence-electron chi connectivity index (χ0n) is 27.3. The number of anilines is 2. The SMILES string of the molecule is C=CCN(CCC)C(=O)[C@H]1[C@H]2C(=O)N([C@@H](CC)CO)C(C(=O)N(CC=C)c3ccc(N(CC)CC)cc3)C23CC[C@]1(CC)O3. The van der Waals surface area contributed by atoms with Crippen LogP contribution in [-0.2, 0) is 19.1 Å². The van der Waals surface area contributed by atoms with Crippen LogP contribution in [0.3, 0.4) is 0 Å². The molecule has 1 aromatic rings. The number of carbonyl (C=O) groups is 3. The van der Waals surface area contributed by atoms with Crippen LogP contribution in [0.2, 0.25) is 0 Å². The summed E-state index contributed by atoms with van der Waals surface area (Å²) in [6.07, 6.45) is 6.27. The van der Waals surface area contributed by atoms with Crippen molar-refractivity contribution >= 4 is 29.1 Å². The highest BCUT2D eigenvalue weighted by molar-refractivity contribution is 6.05. The summed E-state index contributed by atoms with van der Waals surface area (Å²) in [7, 11) is 0. The van der Waals surface area contributed by atoms with Crippen molar-refractivity contribution in [3.63, 3.8) is 0 Å². The predicted octanol–water partition coefficient (Wildman–Crippen LogP) is 4.40. The molecule has 1 aromatic carbocycles. The lowest BCUT2D eigenvalue weighted by Crippen LogP contribution is -2.59. The Morgan fingerprint density at radius 2 is 1.66 bits per heavy atom. The van der Waals surface area contributed by atoms with Gasteiger partial charge in [0.25, 0.3) is 5.91 Å². The highest BCUT2D eigenvalue weighted by atomic mass is 16.5. The summed E-state index contributed by atoms with van der Waals surface area (Å²) < 4.78 is 6.98. The van der Waals surface area contributed by atoms with Crippen molar-refractivity contribution in [1.29, 1.82) is 0 Å². The number of benzene rings is 1. The molecule has 3 fully saturated rings. The van der Waals surface area contributed by atoms with Crippen LogP contribution in [0.1, 0.15) is 66.7 Å². The van der Waals surface area contributed by atoms with Crippen molar-refractivity contribution in [1.82, 2.24) is 9.80 Å². The zero-order valence-corrected chi connectivity index (χ0v) is 27.3. The lowest BCUT2D eigenvalue weighted by Gasteiger charge is -2.39. The lowest BCUT2D eigenvalue weighted by atomic mass is 9.64. The van der Waals surface area contributed by atoms with Crippen LogP contribution in [0.25, 0.3) is 0 Å². The van der Waals surface area contributed by atoms with E-state index in [0.717, 1.165) is 25.2 Å². The van der Waals surface area contributed by atoms with Gasteiger partial charge in [0.2, 0.25) is 11.8 Å². The average molecular weight is 609 g/mol. The van der Waals surface area contributed by atoms with Crippen molar-refractivity contribution < 1.29 is 24.2 Å². The fourth-order valence-electron chi connectivity index (χ4n) is 8.06. The number of amides is 3. The number of fused-ring (bicyclic) bond motifs is 1. The van der Waals surface area contributed by atoms with E-state index in [9.17, 15) is 19.5 Å². The Hall–Kier alpha value is -3.17. The fraction of sp³-hybridized carbons (Fsp3) is 0.629. The third-order valence-electron chi connectivity index (χ3n) is 10.2. The normalized spacial score (nSPS) is 27.6. The van der Waals surface area contributed by atoms with Gasteiger partial charge in [-0.2, -0.15) is 0 Å². The Kier molecular flexibility index (Phi) is 10.6. The number of aliphatic hydroxyl groups excluding tert-OH is 1. The highest BCUT2D eigenvalue weighted by Crippen LogP contribution is 2.65. The van der Waals surface area contributed by atoms with E-state index in [-0.39, 0.29) is 30.9 Å². The van der Waals surface area contributed by atoms with Gasteiger partial charge in [0.1, 0.15) is 11.6 Å². The van der Waals surface area contributed by atoms with Gasteiger partial charge in [0, 0.05) is 44.1 Å². The van der Waals surface area contributed by atoms with E-state index in [0.29, 0.717) is 44.5 Å². The molecule has 3 aliphatic rings. The van der Waals surface area contributed by atoms with Crippen LogP contribution in [0.15, 0.2) is 49.6 Å². The molecule has 3 aliphatic heterocycles. The molecule has 9 heteroatoms. The first kappa shape index (κ1) is 33.7. The summed E-state index contributed by atoms with van der Waals surface area (Å²) >= 11 is 0. The molecule has 0 radical (unpaired) electrons. The number of hydrogen-bond donors (Lipinski definition) is 1. The maximum absolute atomic E-state index is 14.9. The molecule has 3 heterocycles. The maximum atomic E-state index is 14.9. The number of hydrogen-bond acceptors (Lipinski definition) is 6. The first-order valence-corrected chi connectivity index (χ1v) is 16.5. The van der Waals surface area contributed by atoms with Gasteiger partial charge in [-0.1, -0.05) is 32.9 Å². The van der Waals surface area contributed by atoms with Gasteiger partial charge in [-0.25, -0.2) is 0 Å². The van der Waals surface area contributed by atoms with Crippen LogP contribution >= 0.6 is 0 Å². The Balaban J connectivity index is 1.83. The molecule has 6 atom stereocenters. The number of likely N-dealkylation sites (tertiary alicyclic amines) is 1. The minimum absolute atomic E-state index is 0.117. The Bertz CT molecular complexity index is 1210. The van der Waals surface area contributed by atoms with Crippen molar-refractivity contribution in [2.75, 3.05) is 49.1 Å². The van der Waals surface area contributed by atoms with Gasteiger partial charge in [-0.15, -0.1) is 13.2 Å². The summed E-state index contributed by atoms with van der Waals surface area (Å²) in [5, 5.41) is 10.5. The van der Waals surface area contributed by atoms with Gasteiger partial charge in [0.05, 0.1) is 30.1 Å². The first-order chi connectivity index (χ1) is 21.2. The molecule has 242 valence electrons. The fourth-order valence-corrected chi connectivity index (χ4v) is 8.06. The van der Waals surface area contributed by atoms with Gasteiger partial charge >= 0.3 is 0 Å². The maximum Gasteiger partial charge on any atom is 0.253 e. The smallest absolute Gasteiger partial charge is 0.253 e. The van der Waals surface area contributed by atoms with Gasteiger partial charge in [-0.3, -0.25) is 14.4 Å². The number of nitrogens with zero attached hydrogens (tertiary/aromatic N) is 4. The van der Waals surface area contributed by atoms with Gasteiger partial charge in [0.15, 0.2) is 0 Å². The lowest BCUT2D eigenvalue weighted by molar-refractivity contribution is -0.153. The molecule has 0 saturated carbocycles. The van der Waals surface area contributed by atoms with E-state index in [4.69, 9.17) is 4.74 Å². The topological polar surface area (TPSA) is 93.6 Å². The van der Waals surface area contributed by atoms with E-state index in [1.54, 1.807) is 26.9 Å². The molecular weight excluding hydrogens is 556 g/mol. The van der Waals surface area contributed by atoms with Crippen LogP contribution in [0, 0.1) is 11.8 Å². The molecule has 44 heavy (non-hydrogen) atoms. The molecule has 9 nitrogen and oxygen atoms in total. The molecule has 2 unspecified atom stereocenters. The second kappa shape index (κ2) is 13.9. The molecule has 0 aromatic heterocycles. The first-order valence-electron chi connectivity index (χ1n) is 16.5. The molecule has 0 aliphatic carbocycles. The number of carbonyl (C=O) groups excluding carboxylic acids is 3. The molecular formula is C35H52N4O5. The third kappa shape index (κ3) is 5.36. The molecule has 3 saturated heterocycles. The summed E-state index contributed by atoms with van der Waals surface area (Å²) in [6.45, 7) is 20.5. The molecule has 1 N–H and O–H groups in total. The summed E-state index contributed by atoms with van der Waals surface area (Å²) in [5.74, 6) is -2.19. The van der Waals surface area contributed by atoms with Crippen molar-refractivity contribution in [3.8, 4) is 0 Å². The highest BCUT2D eigenvalue weighted by Gasteiger charge is 2.79. The quantitative estimate of drug-likeness (QED) is 0.280. The van der Waals surface area contributed by atoms with Crippen molar-refractivity contribution in [2.45, 2.75) is 90.0 Å². The predicted molar refractivity (Wildman–Crippen MR) is 174 cm³/mol. The van der Waals surface area contributed by atoms with Crippen LogP contribution < -0.4 is 9.80 Å². The minimum Gasteiger partial charge on any atom is -0.394 e. The van der Waals surface area contributed by atoms with E-state index in [1.165, 1.54) is 0 Å². The van der Waals surface area contributed by atoms with Crippen LogP contribution in [0.4, 0.5) is 11.4 Å². The molecule has 1 spiro atoms. The van der Waals surface area contributed by atoms with Gasteiger partial charge in [-0.05, 0) is 70.2 Å². The van der Waals surface area contributed by atoms with Crippen molar-refractivity contribution in [2.24, 2.45) is 11.8 Å². The van der Waals surface area contributed by atoms with Crippen molar-refractivity contribution in [3.05, 3.63) is 49.6 Å². The summed E-state index contributed by atoms with van der Waals surface area (Å²) in [5.41, 5.74) is -0.238. The van der Waals surface area contributed by atoms with Gasteiger partial charge < -0.3 is 29.4 Å². The number of ether oxygens (including phenoxy) is 1. The van der Waals surface area contributed by atoms with Crippen LogP contribution in [0.5, 0.6) is 0 Å². The zero-order chi connectivity index (χ0) is 32.2. The second-order valence-electron chi connectivity index (χ2n) is 12.3. The summed E-state index contributed by atoms with van der Waals surface area (Å²) in [4.78, 5) is 51.1. The summed E-state index contributed by atoms with van der Waals surface area (Å²) in [6, 6.07) is 6.31. The minimum atomic E-state index is -1.17. The standard InChI is InChI=1S/C35H52N4O5/c1-8-21-37(22-9-2)31(41)28-29-32(42)39(25(11-4)24-40)30(35(29)20-19-34(28,12-5)44-35)33(43)38(23-10-3)27-17-15-26(16-18-27)36(13-6)14-7/h8,10,15-18,25,28-30,40H,1,3,9,11-14,19-24H2,2,4-7H3/t25-,28+,29-,30?,34-,35?/m0/s1. The third-order valence-corrected chi connectivity index (χ3v) is 10.2. The second-order valence-corrected chi connectivity index (χ2v) is 12.3. The number of aliphatic hydroxyl groups is 1. The van der Waals surface area contributed by atoms with E-state index in [2.05, 4.69) is 31.9 Å². The molecule has 4 rings (SSSR count). The Labute approximate surface area is 263 Å². The van der Waals surface area contributed by atoms with Crippen LogP contribution in [-0.4, -0.2) is 95.2 Å². The Morgan fingerprint density at radius 1 is 1.02 bits per heavy atom. The monoisotopic (exact) mass is 608 g/mol. The van der Waals surface area contributed by atoms with E-state index < -0.39 is 35.1 Å².